The van der Waals surface area contributed by atoms with Gasteiger partial charge in [0.2, 0.25) is 0 Å². The second-order valence-corrected chi connectivity index (χ2v) is 6.17. The van der Waals surface area contributed by atoms with Crippen molar-refractivity contribution in [3.63, 3.8) is 0 Å². The maximum Gasteiger partial charge on any atom is 0.265 e. The molecule has 2 rings (SSSR count). The fourth-order valence-corrected chi connectivity index (χ4v) is 2.41. The smallest absolute Gasteiger partial charge is 0.265 e. The van der Waals surface area contributed by atoms with Gasteiger partial charge in [0.25, 0.3) is 5.91 Å². The Morgan fingerprint density at radius 3 is 2.25 bits per heavy atom. The van der Waals surface area contributed by atoms with E-state index in [1.807, 2.05) is 0 Å². The van der Waals surface area contributed by atoms with Crippen molar-refractivity contribution < 1.29 is 9.53 Å². The van der Waals surface area contributed by atoms with Gasteiger partial charge in [-0.15, -0.1) is 0 Å². The summed E-state index contributed by atoms with van der Waals surface area (Å²) in [5, 5.41) is 6.56. The Labute approximate surface area is 155 Å². The minimum atomic E-state index is -0.738. The second-order valence-electron chi connectivity index (χ2n) is 4.89. The average molecular weight is 384 g/mol. The molecule has 0 aliphatic heterocycles. The van der Waals surface area contributed by atoms with Crippen LogP contribution in [0.15, 0.2) is 42.5 Å². The van der Waals surface area contributed by atoms with Gasteiger partial charge in [0, 0.05) is 16.4 Å². The van der Waals surface area contributed by atoms with E-state index in [-0.39, 0.29) is 11.0 Å². The maximum absolute atomic E-state index is 12.2. The lowest BCUT2D eigenvalue weighted by molar-refractivity contribution is -0.122. The van der Waals surface area contributed by atoms with Gasteiger partial charge in [-0.05, 0) is 61.6 Å². The van der Waals surface area contributed by atoms with Crippen molar-refractivity contribution in [1.29, 1.82) is 0 Å². The number of thiocarbonyl (C=S) groups is 1. The van der Waals surface area contributed by atoms with Gasteiger partial charge in [-0.25, -0.2) is 0 Å². The maximum atomic E-state index is 12.2. The summed E-state index contributed by atoms with van der Waals surface area (Å²) in [6.45, 7) is 1.63. The number of hydrogen-bond donors (Lipinski definition) is 3. The number of anilines is 2. The second kappa shape index (κ2) is 8.19. The standard InChI is InChI=1S/C16H15Cl2N3O2S/c1-9(23-14-7-2-10(17)8-13(14)18)15(22)20-11-3-5-12(6-4-11)21-16(19)24/h2-9H,1H3,(H,20,22)(H3,19,21,24). The molecular weight excluding hydrogens is 369 g/mol. The molecule has 126 valence electrons. The van der Waals surface area contributed by atoms with Crippen LogP contribution in [0.2, 0.25) is 10.0 Å². The topological polar surface area (TPSA) is 76.4 Å². The van der Waals surface area contributed by atoms with E-state index in [1.165, 1.54) is 0 Å². The third-order valence-corrected chi connectivity index (χ3v) is 3.62. The van der Waals surface area contributed by atoms with Crippen molar-refractivity contribution in [3.8, 4) is 5.75 Å². The molecule has 2 aromatic rings. The van der Waals surface area contributed by atoms with Crippen molar-refractivity contribution in [2.45, 2.75) is 13.0 Å². The first-order valence-electron chi connectivity index (χ1n) is 6.94. The number of hydrogen-bond acceptors (Lipinski definition) is 3. The number of nitrogens with two attached hydrogens (primary N) is 1. The predicted octanol–water partition coefficient (Wildman–Crippen LogP) is 4.05. The molecule has 1 unspecified atom stereocenters. The molecule has 0 bridgehead atoms. The molecule has 0 saturated heterocycles. The quantitative estimate of drug-likeness (QED) is 0.678. The highest BCUT2D eigenvalue weighted by Crippen LogP contribution is 2.28. The third kappa shape index (κ3) is 5.26. The Balaban J connectivity index is 1.97. The number of ether oxygens (including phenoxy) is 1. The first kappa shape index (κ1) is 18.3. The summed E-state index contributed by atoms with van der Waals surface area (Å²) in [5.74, 6) is 0.0794. The number of nitrogens with one attached hydrogen (secondary N) is 2. The molecule has 2 aromatic carbocycles. The van der Waals surface area contributed by atoms with Crippen LogP contribution in [0.25, 0.3) is 0 Å². The van der Waals surface area contributed by atoms with E-state index in [1.54, 1.807) is 49.4 Å². The molecule has 5 nitrogen and oxygen atoms in total. The first-order chi connectivity index (χ1) is 11.3. The van der Waals surface area contributed by atoms with E-state index < -0.39 is 6.10 Å². The zero-order valence-electron chi connectivity index (χ0n) is 12.7. The highest BCUT2D eigenvalue weighted by Gasteiger charge is 2.16. The van der Waals surface area contributed by atoms with Crippen molar-refractivity contribution >= 4 is 57.8 Å². The van der Waals surface area contributed by atoms with Crippen LogP contribution in [-0.2, 0) is 4.79 Å². The van der Waals surface area contributed by atoms with Crippen LogP contribution in [0.1, 0.15) is 6.92 Å². The molecule has 0 saturated carbocycles. The van der Waals surface area contributed by atoms with Crippen LogP contribution in [0.5, 0.6) is 5.75 Å². The number of amides is 1. The number of carbonyl (C=O) groups excluding carboxylic acids is 1. The van der Waals surface area contributed by atoms with Gasteiger partial charge in [-0.3, -0.25) is 4.79 Å². The molecule has 8 heteroatoms. The van der Waals surface area contributed by atoms with Gasteiger partial charge < -0.3 is 21.1 Å². The molecule has 1 atom stereocenters. The first-order valence-corrected chi connectivity index (χ1v) is 8.10. The Hall–Kier alpha value is -2.02. The fourth-order valence-electron chi connectivity index (χ4n) is 1.84. The number of rotatable bonds is 5. The summed E-state index contributed by atoms with van der Waals surface area (Å²) >= 11 is 16.6. The molecule has 0 heterocycles. The Bertz CT molecular complexity index is 753. The van der Waals surface area contributed by atoms with Crippen LogP contribution in [0.4, 0.5) is 11.4 Å². The lowest BCUT2D eigenvalue weighted by Gasteiger charge is -2.16. The van der Waals surface area contributed by atoms with Crippen LogP contribution >= 0.6 is 35.4 Å². The lowest BCUT2D eigenvalue weighted by atomic mass is 10.2. The molecule has 0 aliphatic rings. The van der Waals surface area contributed by atoms with Crippen LogP contribution in [0, 0.1) is 0 Å². The summed E-state index contributed by atoms with van der Waals surface area (Å²) in [6.07, 6.45) is -0.738. The van der Waals surface area contributed by atoms with E-state index in [0.29, 0.717) is 21.5 Å². The molecule has 4 N–H and O–H groups in total. The predicted molar refractivity (Wildman–Crippen MR) is 102 cm³/mol. The highest BCUT2D eigenvalue weighted by atomic mass is 35.5. The molecule has 0 spiro atoms. The molecule has 0 aromatic heterocycles. The van der Waals surface area contributed by atoms with Crippen molar-refractivity contribution in [2.75, 3.05) is 10.6 Å². The third-order valence-electron chi connectivity index (χ3n) is 2.99. The number of benzene rings is 2. The summed E-state index contributed by atoms with van der Waals surface area (Å²) in [4.78, 5) is 12.2. The summed E-state index contributed by atoms with van der Waals surface area (Å²) in [7, 11) is 0. The lowest BCUT2D eigenvalue weighted by Crippen LogP contribution is -2.30. The average Bonchev–Trinajstić information content (AvgIpc) is 2.51. The molecule has 0 fully saturated rings. The minimum absolute atomic E-state index is 0.175. The van der Waals surface area contributed by atoms with Gasteiger partial charge in [0.15, 0.2) is 11.2 Å². The minimum Gasteiger partial charge on any atom is -0.479 e. The monoisotopic (exact) mass is 383 g/mol. The largest absolute Gasteiger partial charge is 0.479 e. The van der Waals surface area contributed by atoms with Gasteiger partial charge in [-0.1, -0.05) is 23.2 Å². The normalized spacial score (nSPS) is 11.5. The van der Waals surface area contributed by atoms with E-state index in [0.717, 1.165) is 5.69 Å². The summed E-state index contributed by atoms with van der Waals surface area (Å²) < 4.78 is 5.56. The number of carbonyl (C=O) groups is 1. The molecule has 24 heavy (non-hydrogen) atoms. The number of halogens is 2. The van der Waals surface area contributed by atoms with Gasteiger partial charge in [-0.2, -0.15) is 0 Å². The van der Waals surface area contributed by atoms with E-state index in [2.05, 4.69) is 10.6 Å². The van der Waals surface area contributed by atoms with E-state index >= 15 is 0 Å². The summed E-state index contributed by atoms with van der Waals surface area (Å²) in [5.41, 5.74) is 6.74. The summed E-state index contributed by atoms with van der Waals surface area (Å²) in [6, 6.07) is 11.7. The van der Waals surface area contributed by atoms with Gasteiger partial charge in [0.1, 0.15) is 5.75 Å². The SMILES string of the molecule is CC(Oc1ccc(Cl)cc1Cl)C(=O)Nc1ccc(NC(N)=S)cc1. The Morgan fingerprint density at radius 2 is 1.71 bits per heavy atom. The van der Waals surface area contributed by atoms with Gasteiger partial charge in [0.05, 0.1) is 5.02 Å². The highest BCUT2D eigenvalue weighted by molar-refractivity contribution is 7.80. The fraction of sp³-hybridized carbons (Fsp3) is 0.125. The van der Waals surface area contributed by atoms with Crippen LogP contribution in [0.3, 0.4) is 0 Å². The molecular formula is C16H15Cl2N3O2S. The van der Waals surface area contributed by atoms with Crippen molar-refractivity contribution in [2.24, 2.45) is 5.73 Å². The van der Waals surface area contributed by atoms with Crippen molar-refractivity contribution in [3.05, 3.63) is 52.5 Å². The van der Waals surface area contributed by atoms with Gasteiger partial charge >= 0.3 is 0 Å². The Kier molecular flexibility index (Phi) is 6.25. The van der Waals surface area contributed by atoms with E-state index in [4.69, 9.17) is 45.9 Å². The van der Waals surface area contributed by atoms with Crippen LogP contribution < -0.4 is 21.1 Å². The molecule has 0 radical (unpaired) electrons. The Morgan fingerprint density at radius 1 is 1.12 bits per heavy atom. The van der Waals surface area contributed by atoms with Crippen molar-refractivity contribution in [1.82, 2.24) is 0 Å². The molecule has 0 aliphatic carbocycles. The van der Waals surface area contributed by atoms with E-state index in [9.17, 15) is 4.79 Å². The zero-order valence-corrected chi connectivity index (χ0v) is 15.0. The zero-order chi connectivity index (χ0) is 17.7. The van der Waals surface area contributed by atoms with Crippen LogP contribution in [-0.4, -0.2) is 17.1 Å². The molecule has 1 amide bonds.